The molecule has 4 heteroatoms. The first-order chi connectivity index (χ1) is 7.34. The highest BCUT2D eigenvalue weighted by atomic mass is 32.1. The molecule has 92 valence electrons. The van der Waals surface area contributed by atoms with E-state index in [0.29, 0.717) is 4.99 Å². The van der Waals surface area contributed by atoms with Gasteiger partial charge in [-0.3, -0.25) is 4.79 Å². The number of amides is 1. The van der Waals surface area contributed by atoms with Crippen LogP contribution in [0.1, 0.15) is 52.9 Å². The monoisotopic (exact) mass is 242 g/mol. The minimum Gasteiger partial charge on any atom is -0.391 e. The maximum atomic E-state index is 12.3. The Hall–Kier alpha value is -0.640. The lowest BCUT2D eigenvalue weighted by Gasteiger charge is -2.32. The largest absolute Gasteiger partial charge is 0.391 e. The van der Waals surface area contributed by atoms with Gasteiger partial charge in [-0.2, -0.15) is 0 Å². The molecule has 1 fully saturated rings. The summed E-state index contributed by atoms with van der Waals surface area (Å²) in [6.45, 7) is 5.79. The molecule has 0 saturated heterocycles. The van der Waals surface area contributed by atoms with Crippen molar-refractivity contribution < 1.29 is 4.79 Å². The maximum Gasteiger partial charge on any atom is 0.226 e. The van der Waals surface area contributed by atoms with Gasteiger partial charge in [0.05, 0.1) is 10.5 Å². The second-order valence-corrected chi connectivity index (χ2v) is 5.72. The number of nitrogens with one attached hydrogen (secondary N) is 1. The molecule has 0 aliphatic heterocycles. The molecular weight excluding hydrogens is 220 g/mol. The second-order valence-electron chi connectivity index (χ2n) is 5.28. The maximum absolute atomic E-state index is 12.3. The highest BCUT2D eigenvalue weighted by molar-refractivity contribution is 7.80. The average Bonchev–Trinajstić information content (AvgIpc) is 2.66. The van der Waals surface area contributed by atoms with E-state index in [-0.39, 0.29) is 11.3 Å². The van der Waals surface area contributed by atoms with Crippen LogP contribution in [0.2, 0.25) is 0 Å². The quantitative estimate of drug-likeness (QED) is 0.743. The molecule has 1 amide bonds. The summed E-state index contributed by atoms with van der Waals surface area (Å²) in [7, 11) is 0. The van der Waals surface area contributed by atoms with Crippen molar-refractivity contribution in [3.8, 4) is 0 Å². The molecule has 0 aromatic heterocycles. The molecule has 3 N–H and O–H groups in total. The standard InChI is InChI=1S/C12H22N2OS/c1-4-12(7-5-6-8-12)10(15)14-11(2,3)9(13)16/h4-8H2,1-3H3,(H2,13,16)(H,14,15). The predicted octanol–water partition coefficient (Wildman–Crippen LogP) is 2.14. The normalized spacial score (nSPS) is 19.4. The average molecular weight is 242 g/mol. The van der Waals surface area contributed by atoms with Crippen molar-refractivity contribution in [2.24, 2.45) is 11.1 Å². The number of nitrogens with two attached hydrogens (primary N) is 1. The van der Waals surface area contributed by atoms with Gasteiger partial charge in [-0.15, -0.1) is 0 Å². The molecule has 1 aliphatic carbocycles. The fraction of sp³-hybridized carbons (Fsp3) is 0.833. The number of hydrogen-bond donors (Lipinski definition) is 2. The Morgan fingerprint density at radius 3 is 2.31 bits per heavy atom. The van der Waals surface area contributed by atoms with Crippen LogP contribution in [0.4, 0.5) is 0 Å². The molecule has 0 unspecified atom stereocenters. The van der Waals surface area contributed by atoms with Crippen molar-refractivity contribution >= 4 is 23.1 Å². The molecule has 1 aliphatic rings. The summed E-state index contributed by atoms with van der Waals surface area (Å²) in [5, 5.41) is 2.98. The van der Waals surface area contributed by atoms with Gasteiger partial charge in [0.25, 0.3) is 0 Å². The summed E-state index contributed by atoms with van der Waals surface area (Å²) < 4.78 is 0. The second kappa shape index (κ2) is 4.70. The molecule has 0 aromatic carbocycles. The molecule has 3 nitrogen and oxygen atoms in total. The summed E-state index contributed by atoms with van der Waals surface area (Å²) >= 11 is 4.96. The molecule has 0 bridgehead atoms. The van der Waals surface area contributed by atoms with E-state index in [1.807, 2.05) is 13.8 Å². The molecule has 1 rings (SSSR count). The van der Waals surface area contributed by atoms with Crippen molar-refractivity contribution in [1.29, 1.82) is 0 Å². The highest BCUT2D eigenvalue weighted by Gasteiger charge is 2.41. The van der Waals surface area contributed by atoms with Gasteiger partial charge in [-0.05, 0) is 33.1 Å². The number of rotatable bonds is 4. The SMILES string of the molecule is CCC1(C(=O)NC(C)(C)C(N)=S)CCCC1. The Morgan fingerprint density at radius 1 is 1.44 bits per heavy atom. The van der Waals surface area contributed by atoms with Crippen LogP contribution in [-0.2, 0) is 4.79 Å². The van der Waals surface area contributed by atoms with Gasteiger partial charge < -0.3 is 11.1 Å². The van der Waals surface area contributed by atoms with E-state index in [0.717, 1.165) is 32.1 Å². The fourth-order valence-electron chi connectivity index (χ4n) is 2.27. The number of thiocarbonyl (C=S) groups is 1. The number of carbonyl (C=O) groups is 1. The van der Waals surface area contributed by atoms with Gasteiger partial charge >= 0.3 is 0 Å². The Bertz CT molecular complexity index is 293. The number of hydrogen-bond acceptors (Lipinski definition) is 2. The lowest BCUT2D eigenvalue weighted by atomic mass is 9.81. The van der Waals surface area contributed by atoms with Crippen LogP contribution < -0.4 is 11.1 Å². The zero-order valence-electron chi connectivity index (χ0n) is 10.4. The summed E-state index contributed by atoms with van der Waals surface area (Å²) in [4.78, 5) is 12.6. The Morgan fingerprint density at radius 2 is 1.94 bits per heavy atom. The topological polar surface area (TPSA) is 55.1 Å². The smallest absolute Gasteiger partial charge is 0.226 e. The molecule has 0 atom stereocenters. The van der Waals surface area contributed by atoms with Crippen LogP contribution in [0, 0.1) is 5.41 Å². The van der Waals surface area contributed by atoms with Crippen LogP contribution in [-0.4, -0.2) is 16.4 Å². The van der Waals surface area contributed by atoms with Gasteiger partial charge in [-0.25, -0.2) is 0 Å². The van der Waals surface area contributed by atoms with Crippen LogP contribution >= 0.6 is 12.2 Å². The molecule has 1 saturated carbocycles. The molecule has 0 radical (unpaired) electrons. The van der Waals surface area contributed by atoms with Crippen LogP contribution in [0.3, 0.4) is 0 Å². The van der Waals surface area contributed by atoms with Crippen molar-refractivity contribution in [1.82, 2.24) is 5.32 Å². The van der Waals surface area contributed by atoms with E-state index >= 15 is 0 Å². The Kier molecular flexibility index (Phi) is 3.94. The third-order valence-corrected chi connectivity index (χ3v) is 4.27. The van der Waals surface area contributed by atoms with Crippen molar-refractivity contribution in [3.63, 3.8) is 0 Å². The van der Waals surface area contributed by atoms with E-state index in [1.165, 1.54) is 0 Å². The van der Waals surface area contributed by atoms with Gasteiger partial charge in [0.1, 0.15) is 0 Å². The number of carbonyl (C=O) groups excluding carboxylic acids is 1. The van der Waals surface area contributed by atoms with Crippen molar-refractivity contribution in [2.75, 3.05) is 0 Å². The predicted molar refractivity (Wildman–Crippen MR) is 70.2 cm³/mol. The molecule has 0 heterocycles. The third-order valence-electron chi connectivity index (χ3n) is 3.76. The Balaban J connectivity index is 2.74. The van der Waals surface area contributed by atoms with Crippen LogP contribution in [0.5, 0.6) is 0 Å². The first-order valence-corrected chi connectivity index (χ1v) is 6.37. The third kappa shape index (κ3) is 2.54. The summed E-state index contributed by atoms with van der Waals surface area (Å²) in [5.41, 5.74) is 4.85. The summed E-state index contributed by atoms with van der Waals surface area (Å²) in [6.07, 6.45) is 5.17. The molecule has 16 heavy (non-hydrogen) atoms. The summed E-state index contributed by atoms with van der Waals surface area (Å²) in [5.74, 6) is 0.116. The van der Waals surface area contributed by atoms with E-state index in [4.69, 9.17) is 18.0 Å². The zero-order valence-corrected chi connectivity index (χ0v) is 11.2. The lowest BCUT2D eigenvalue weighted by Crippen LogP contribution is -2.55. The van der Waals surface area contributed by atoms with Gasteiger partial charge in [0.2, 0.25) is 5.91 Å². The highest BCUT2D eigenvalue weighted by Crippen LogP contribution is 2.41. The molecular formula is C12H22N2OS. The Labute approximate surface area is 103 Å². The molecule has 0 aromatic rings. The van der Waals surface area contributed by atoms with E-state index in [2.05, 4.69) is 12.2 Å². The van der Waals surface area contributed by atoms with Crippen molar-refractivity contribution in [3.05, 3.63) is 0 Å². The lowest BCUT2D eigenvalue weighted by molar-refractivity contribution is -0.132. The van der Waals surface area contributed by atoms with E-state index < -0.39 is 5.54 Å². The fourth-order valence-corrected chi connectivity index (χ4v) is 2.32. The first-order valence-electron chi connectivity index (χ1n) is 5.96. The molecule has 0 spiro atoms. The summed E-state index contributed by atoms with van der Waals surface area (Å²) in [6, 6.07) is 0. The van der Waals surface area contributed by atoms with Gasteiger partial charge in [-0.1, -0.05) is 32.0 Å². The minimum atomic E-state index is -0.586. The van der Waals surface area contributed by atoms with E-state index in [9.17, 15) is 4.79 Å². The van der Waals surface area contributed by atoms with Gasteiger partial charge in [0.15, 0.2) is 0 Å². The zero-order chi connectivity index (χ0) is 12.4. The minimum absolute atomic E-state index is 0.116. The van der Waals surface area contributed by atoms with E-state index in [1.54, 1.807) is 0 Å². The van der Waals surface area contributed by atoms with Crippen molar-refractivity contribution in [2.45, 2.75) is 58.4 Å². The first kappa shape index (κ1) is 13.4. The van der Waals surface area contributed by atoms with Crippen LogP contribution in [0.25, 0.3) is 0 Å². The van der Waals surface area contributed by atoms with Crippen LogP contribution in [0.15, 0.2) is 0 Å². The van der Waals surface area contributed by atoms with Gasteiger partial charge in [0, 0.05) is 5.41 Å².